The van der Waals surface area contributed by atoms with E-state index in [2.05, 4.69) is 18.7 Å². The quantitative estimate of drug-likeness (QED) is 0.494. The molecule has 4 rings (SSSR count). The molecule has 1 atom stereocenters. The third-order valence-electron chi connectivity index (χ3n) is 6.20. The van der Waals surface area contributed by atoms with Gasteiger partial charge in [0.2, 0.25) is 0 Å². The number of fused-ring (bicyclic) bond motifs is 1. The second kappa shape index (κ2) is 9.39. The summed E-state index contributed by atoms with van der Waals surface area (Å²) in [5.74, 6) is -0.575. The van der Waals surface area contributed by atoms with E-state index in [1.807, 2.05) is 24.3 Å². The summed E-state index contributed by atoms with van der Waals surface area (Å²) in [6.45, 7) is 6.17. The molecule has 0 unspecified atom stereocenters. The fraction of sp³-hybridized carbons (Fsp3) is 0.360. The lowest BCUT2D eigenvalue weighted by Crippen LogP contribution is -2.42. The molecule has 7 nitrogen and oxygen atoms in total. The topological polar surface area (TPSA) is 87.9 Å². The molecule has 1 saturated heterocycles. The number of amides is 1. The van der Waals surface area contributed by atoms with Crippen molar-refractivity contribution in [3.8, 4) is 0 Å². The zero-order valence-electron chi connectivity index (χ0n) is 18.9. The molecule has 0 saturated carbocycles. The van der Waals surface area contributed by atoms with Crippen LogP contribution < -0.4 is 10.5 Å². The van der Waals surface area contributed by atoms with Gasteiger partial charge in [0.15, 0.2) is 9.84 Å². The van der Waals surface area contributed by atoms with Crippen LogP contribution in [0, 0.1) is 0 Å². The lowest BCUT2D eigenvalue weighted by molar-refractivity contribution is 0.0676. The van der Waals surface area contributed by atoms with Gasteiger partial charge in [0.1, 0.15) is 11.1 Å². The molecule has 0 aliphatic carbocycles. The fourth-order valence-corrected chi connectivity index (χ4v) is 6.08. The van der Waals surface area contributed by atoms with Gasteiger partial charge in [-0.2, -0.15) is 0 Å². The van der Waals surface area contributed by atoms with E-state index in [9.17, 15) is 18.0 Å². The highest BCUT2D eigenvalue weighted by atomic mass is 32.2. The van der Waals surface area contributed by atoms with Crippen molar-refractivity contribution >= 4 is 32.4 Å². The SMILES string of the molecule is CCN(CC)c1ccc(CN(C(=O)c2cc3ccccc3oc2=O)[C@@H]2CCS(=O)(=O)C2)cc1. The summed E-state index contributed by atoms with van der Waals surface area (Å²) < 4.78 is 29.7. The Morgan fingerprint density at radius 2 is 1.76 bits per heavy atom. The Bertz CT molecular complexity index is 1310. The minimum absolute atomic E-state index is 0.0364. The molecule has 0 radical (unpaired) electrons. The van der Waals surface area contributed by atoms with E-state index in [4.69, 9.17) is 4.42 Å². The van der Waals surface area contributed by atoms with E-state index in [1.165, 1.54) is 11.0 Å². The summed E-state index contributed by atoms with van der Waals surface area (Å²) >= 11 is 0. The largest absolute Gasteiger partial charge is 0.422 e. The van der Waals surface area contributed by atoms with Gasteiger partial charge >= 0.3 is 5.63 Å². The number of sulfone groups is 1. The average molecular weight is 469 g/mol. The van der Waals surface area contributed by atoms with Crippen molar-refractivity contribution in [2.24, 2.45) is 0 Å². The Labute approximate surface area is 193 Å². The predicted molar refractivity (Wildman–Crippen MR) is 129 cm³/mol. The number of para-hydroxylation sites is 1. The molecule has 174 valence electrons. The van der Waals surface area contributed by atoms with Crippen molar-refractivity contribution in [1.29, 1.82) is 0 Å². The molecule has 1 amide bonds. The maximum Gasteiger partial charge on any atom is 0.349 e. The molecule has 3 aromatic rings. The zero-order valence-corrected chi connectivity index (χ0v) is 19.7. The second-order valence-corrected chi connectivity index (χ2v) is 10.5. The van der Waals surface area contributed by atoms with Crippen LogP contribution >= 0.6 is 0 Å². The van der Waals surface area contributed by atoms with Crippen LogP contribution in [-0.4, -0.2) is 49.9 Å². The average Bonchev–Trinajstić information content (AvgIpc) is 3.17. The first-order valence-electron chi connectivity index (χ1n) is 11.2. The van der Waals surface area contributed by atoms with Crippen molar-refractivity contribution < 1.29 is 17.6 Å². The second-order valence-electron chi connectivity index (χ2n) is 8.31. The molecule has 2 aromatic carbocycles. The number of rotatable bonds is 7. The van der Waals surface area contributed by atoms with Gasteiger partial charge in [-0.25, -0.2) is 13.2 Å². The van der Waals surface area contributed by atoms with Crippen LogP contribution in [0.25, 0.3) is 11.0 Å². The Hall–Kier alpha value is -3.13. The zero-order chi connectivity index (χ0) is 23.6. The molecular formula is C25H28N2O5S. The number of carbonyl (C=O) groups is 1. The number of benzene rings is 2. The van der Waals surface area contributed by atoms with Crippen molar-refractivity contribution in [2.45, 2.75) is 32.9 Å². The highest BCUT2D eigenvalue weighted by Crippen LogP contribution is 2.24. The van der Waals surface area contributed by atoms with E-state index >= 15 is 0 Å². The molecule has 0 bridgehead atoms. The Balaban J connectivity index is 1.68. The van der Waals surface area contributed by atoms with Gasteiger partial charge in [-0.05, 0) is 50.1 Å². The molecule has 0 spiro atoms. The van der Waals surface area contributed by atoms with E-state index in [0.29, 0.717) is 17.4 Å². The molecule has 1 aliphatic heterocycles. The van der Waals surface area contributed by atoms with E-state index in [0.717, 1.165) is 24.3 Å². The van der Waals surface area contributed by atoms with Gasteiger partial charge < -0.3 is 14.2 Å². The molecule has 33 heavy (non-hydrogen) atoms. The molecule has 1 fully saturated rings. The van der Waals surface area contributed by atoms with Crippen LogP contribution in [-0.2, 0) is 16.4 Å². The van der Waals surface area contributed by atoms with Gasteiger partial charge in [-0.3, -0.25) is 4.79 Å². The predicted octanol–water partition coefficient (Wildman–Crippen LogP) is 3.47. The number of hydrogen-bond acceptors (Lipinski definition) is 6. The normalized spacial score (nSPS) is 17.2. The van der Waals surface area contributed by atoms with Crippen LogP contribution in [0.1, 0.15) is 36.2 Å². The Morgan fingerprint density at radius 1 is 1.06 bits per heavy atom. The number of anilines is 1. The molecule has 1 aliphatic rings. The standard InChI is InChI=1S/C25H28N2O5S/c1-3-26(4-2)20-11-9-18(10-12-20)16-27(21-13-14-33(30,31)17-21)24(28)22-15-19-7-5-6-8-23(19)32-25(22)29/h5-12,15,21H,3-4,13-14,16-17H2,1-2H3/t21-/m1/s1. The first kappa shape index (κ1) is 23.0. The summed E-state index contributed by atoms with van der Waals surface area (Å²) in [5, 5.41) is 0.642. The van der Waals surface area contributed by atoms with Crippen LogP contribution in [0.2, 0.25) is 0 Å². The minimum Gasteiger partial charge on any atom is -0.422 e. The van der Waals surface area contributed by atoms with Gasteiger partial charge in [0.05, 0.1) is 11.5 Å². The summed E-state index contributed by atoms with van der Waals surface area (Å²) in [4.78, 5) is 29.9. The first-order valence-corrected chi connectivity index (χ1v) is 13.0. The molecule has 8 heteroatoms. The highest BCUT2D eigenvalue weighted by molar-refractivity contribution is 7.91. The summed E-state index contributed by atoms with van der Waals surface area (Å²) in [6, 6.07) is 15.9. The number of hydrogen-bond donors (Lipinski definition) is 0. The Morgan fingerprint density at radius 3 is 2.39 bits per heavy atom. The van der Waals surface area contributed by atoms with Gasteiger partial charge in [0, 0.05) is 36.7 Å². The van der Waals surface area contributed by atoms with Gasteiger partial charge in [-0.1, -0.05) is 30.3 Å². The van der Waals surface area contributed by atoms with Gasteiger partial charge in [-0.15, -0.1) is 0 Å². The van der Waals surface area contributed by atoms with Crippen molar-refractivity contribution in [3.05, 3.63) is 76.1 Å². The molecule has 2 heterocycles. The number of carbonyl (C=O) groups excluding carboxylic acids is 1. The highest BCUT2D eigenvalue weighted by Gasteiger charge is 2.36. The third-order valence-corrected chi connectivity index (χ3v) is 7.95. The fourth-order valence-electron chi connectivity index (χ4n) is 4.35. The first-order chi connectivity index (χ1) is 15.8. The molecule has 1 aromatic heterocycles. The molecular weight excluding hydrogens is 440 g/mol. The van der Waals surface area contributed by atoms with E-state index < -0.39 is 27.4 Å². The minimum atomic E-state index is -3.22. The van der Waals surface area contributed by atoms with Crippen LogP contribution in [0.4, 0.5) is 5.69 Å². The summed E-state index contributed by atoms with van der Waals surface area (Å²) in [6.07, 6.45) is 0.352. The van der Waals surface area contributed by atoms with Crippen LogP contribution in [0.3, 0.4) is 0 Å². The van der Waals surface area contributed by atoms with Gasteiger partial charge in [0.25, 0.3) is 5.91 Å². The summed E-state index contributed by atoms with van der Waals surface area (Å²) in [5.41, 5.74) is 1.55. The smallest absolute Gasteiger partial charge is 0.349 e. The molecule has 0 N–H and O–H groups in total. The van der Waals surface area contributed by atoms with E-state index in [-0.39, 0.29) is 23.6 Å². The van der Waals surface area contributed by atoms with E-state index in [1.54, 1.807) is 24.3 Å². The maximum atomic E-state index is 13.5. The van der Waals surface area contributed by atoms with Crippen molar-refractivity contribution in [3.63, 3.8) is 0 Å². The van der Waals surface area contributed by atoms with Crippen LogP contribution in [0.15, 0.2) is 63.8 Å². The third kappa shape index (κ3) is 4.95. The Kier molecular flexibility index (Phi) is 6.56. The lowest BCUT2D eigenvalue weighted by atomic mass is 10.1. The summed E-state index contributed by atoms with van der Waals surface area (Å²) in [7, 11) is -3.22. The van der Waals surface area contributed by atoms with Crippen molar-refractivity contribution in [1.82, 2.24) is 4.90 Å². The number of nitrogens with zero attached hydrogens (tertiary/aromatic N) is 2. The van der Waals surface area contributed by atoms with Crippen molar-refractivity contribution in [2.75, 3.05) is 29.5 Å². The lowest BCUT2D eigenvalue weighted by Gasteiger charge is -2.28. The maximum absolute atomic E-state index is 13.5. The monoisotopic (exact) mass is 468 g/mol. The van der Waals surface area contributed by atoms with Crippen LogP contribution in [0.5, 0.6) is 0 Å².